The number of rotatable bonds is 19. The number of hydrogen-bond donors (Lipinski definition) is 7. The summed E-state index contributed by atoms with van der Waals surface area (Å²) in [5.41, 5.74) is 4.74. The maximum Gasteiger partial charge on any atom is 0.145 e. The first-order valence-electron chi connectivity index (χ1n) is 22.3. The number of nitrogens with one attached hydrogen (secondary N) is 2. The van der Waals surface area contributed by atoms with Crippen molar-refractivity contribution in [3.63, 3.8) is 0 Å². The summed E-state index contributed by atoms with van der Waals surface area (Å²) in [5, 5.41) is 62.5. The maximum absolute atomic E-state index is 12.9. The number of ether oxygens (including phenoxy) is 2. The van der Waals surface area contributed by atoms with Gasteiger partial charge in [-0.1, -0.05) is 84.0 Å². The van der Waals surface area contributed by atoms with Gasteiger partial charge in [0.1, 0.15) is 13.1 Å². The Bertz CT molecular complexity index is 1740. The molecule has 0 amide bonds. The van der Waals surface area contributed by atoms with Gasteiger partial charge in [-0.15, -0.1) is 0 Å². The van der Waals surface area contributed by atoms with Gasteiger partial charge in [-0.25, -0.2) is 0 Å². The zero-order valence-corrected chi connectivity index (χ0v) is 36.7. The molecule has 1 aromatic carbocycles. The molecule has 0 unspecified atom stereocenters. The summed E-state index contributed by atoms with van der Waals surface area (Å²) in [4.78, 5) is 12.4. The lowest BCUT2D eigenvalue weighted by molar-refractivity contribution is -0.194. The smallest absolute Gasteiger partial charge is 0.145 e. The van der Waals surface area contributed by atoms with E-state index in [1.807, 2.05) is 26.1 Å². The van der Waals surface area contributed by atoms with Crippen LogP contribution < -0.4 is 10.6 Å². The summed E-state index contributed by atoms with van der Waals surface area (Å²) in [5.74, 6) is -0.851. The molecule has 10 heteroatoms. The summed E-state index contributed by atoms with van der Waals surface area (Å²) in [7, 11) is 3.60. The van der Waals surface area contributed by atoms with E-state index in [2.05, 4.69) is 72.7 Å². The third-order valence-corrected chi connectivity index (χ3v) is 14.5. The van der Waals surface area contributed by atoms with Gasteiger partial charge in [0.2, 0.25) is 0 Å². The van der Waals surface area contributed by atoms with E-state index in [1.54, 1.807) is 7.11 Å². The molecular weight excluding hydrogens is 757 g/mol. The summed E-state index contributed by atoms with van der Waals surface area (Å²) < 4.78 is 11.2. The van der Waals surface area contributed by atoms with Crippen LogP contribution in [0.1, 0.15) is 82.8 Å². The van der Waals surface area contributed by atoms with E-state index >= 15 is 0 Å². The van der Waals surface area contributed by atoms with Crippen molar-refractivity contribution in [3.05, 3.63) is 106 Å². The van der Waals surface area contributed by atoms with Crippen LogP contribution >= 0.6 is 0 Å². The van der Waals surface area contributed by atoms with Crippen LogP contribution in [-0.2, 0) is 27.1 Å². The standard InChI is InChI=1S/C50H74N2O8/c1-35-13-14-41(28-38-10-7-11-39(27-38)29-48(52-31-35,19-8-24-53)22-26-59-5)36(2)9-6-12-43(33-60-34-56)44-17-20-50(47(44)57)46-40(18-25-54)15-16-42(45(46)37(3)32-55)30-49(50,58)21-23-51-4/h6-7,9-13,15-16,27,32,40-42,44,46-47,51-54,56-58H,2,8,14,17-26,28-31,33-34H2,1,3-5H3/t40-,41-,42-,44+,46+,47+,48-,49+,50+/m0/s1. The molecular formula is C50H74N2O8. The third kappa shape index (κ3) is 10.8. The molecule has 3 aliphatic carbocycles. The Morgan fingerprint density at radius 1 is 1.12 bits per heavy atom. The Hall–Kier alpha value is -3.03. The molecule has 9 atom stereocenters. The first-order chi connectivity index (χ1) is 28.9. The van der Waals surface area contributed by atoms with E-state index in [1.165, 1.54) is 16.7 Å². The van der Waals surface area contributed by atoms with Gasteiger partial charge in [-0.05, 0) is 138 Å². The lowest BCUT2D eigenvalue weighted by Crippen LogP contribution is -2.65. The van der Waals surface area contributed by atoms with Gasteiger partial charge >= 0.3 is 0 Å². The molecule has 1 spiro atoms. The van der Waals surface area contributed by atoms with Gasteiger partial charge in [0.15, 0.2) is 0 Å². The Balaban J connectivity index is 1.45. The highest BCUT2D eigenvalue weighted by atomic mass is 16.6. The molecule has 0 aromatic heterocycles. The van der Waals surface area contributed by atoms with Crippen molar-refractivity contribution in [2.75, 3.05) is 60.5 Å². The van der Waals surface area contributed by atoms with E-state index in [-0.39, 0.29) is 54.9 Å². The second-order valence-corrected chi connectivity index (χ2v) is 18.2. The molecule has 10 nitrogen and oxygen atoms in total. The molecule has 4 bridgehead atoms. The molecule has 7 N–H and O–H groups in total. The minimum absolute atomic E-state index is 0.0437. The Labute approximate surface area is 359 Å². The van der Waals surface area contributed by atoms with Crippen molar-refractivity contribution >= 4 is 6.29 Å². The zero-order chi connectivity index (χ0) is 43.3. The average molecular weight is 831 g/mol. The van der Waals surface area contributed by atoms with Crippen molar-refractivity contribution in [3.8, 4) is 0 Å². The third-order valence-electron chi connectivity index (χ3n) is 14.5. The van der Waals surface area contributed by atoms with Gasteiger partial charge in [-0.3, -0.25) is 4.79 Å². The molecule has 0 radical (unpaired) electrons. The highest BCUT2D eigenvalue weighted by Crippen LogP contribution is 2.67. The van der Waals surface area contributed by atoms with Crippen LogP contribution in [0.4, 0.5) is 0 Å². The van der Waals surface area contributed by atoms with Crippen molar-refractivity contribution in [2.45, 2.75) is 102 Å². The molecule has 332 valence electrons. The fourth-order valence-corrected chi connectivity index (χ4v) is 11.4. The number of allylic oxidation sites excluding steroid dienone is 9. The largest absolute Gasteiger partial charge is 0.396 e. The molecule has 0 saturated heterocycles. The van der Waals surface area contributed by atoms with Gasteiger partial charge in [0.25, 0.3) is 0 Å². The van der Waals surface area contributed by atoms with Crippen LogP contribution in [0.2, 0.25) is 0 Å². The van der Waals surface area contributed by atoms with E-state index in [0.717, 1.165) is 68.1 Å². The predicted octanol–water partition coefficient (Wildman–Crippen LogP) is 5.70. The number of aldehydes is 1. The number of fused-ring (bicyclic) bond motifs is 5. The molecule has 1 aromatic rings. The average Bonchev–Trinajstić information content (AvgIpc) is 3.59. The molecule has 5 rings (SSSR count). The maximum atomic E-state index is 12.9. The predicted molar refractivity (Wildman–Crippen MR) is 238 cm³/mol. The SMILES string of the molecule is C=C(C=CC=C(COCO)[C@H]1CC[C@]2([C@@H]1O)[C@H]1C(=C(C)C=O)[C@@H](C=C[C@H]1CCO)C[C@]2(O)CCNC)[C@H]1CC=C(C)CN[C@@](CCCO)(CCOC)Cc2cccc(c2)C1. The zero-order valence-electron chi connectivity index (χ0n) is 36.7. The number of carbonyl (C=O) groups excluding carboxylic acids is 1. The molecule has 2 saturated carbocycles. The molecule has 2 fully saturated rings. The van der Waals surface area contributed by atoms with Crippen LogP contribution in [-0.4, -0.2) is 110 Å². The number of hydrogen-bond acceptors (Lipinski definition) is 10. The second kappa shape index (κ2) is 22.4. The molecule has 60 heavy (non-hydrogen) atoms. The highest BCUT2D eigenvalue weighted by molar-refractivity contribution is 5.74. The summed E-state index contributed by atoms with van der Waals surface area (Å²) in [6, 6.07) is 8.82. The summed E-state index contributed by atoms with van der Waals surface area (Å²) in [6.45, 7) is 10.3. The van der Waals surface area contributed by atoms with E-state index in [9.17, 15) is 30.3 Å². The minimum Gasteiger partial charge on any atom is -0.396 e. The van der Waals surface area contributed by atoms with Gasteiger partial charge in [0, 0.05) is 56.3 Å². The number of carbonyl (C=O) groups is 1. The number of aliphatic hydroxyl groups is 5. The van der Waals surface area contributed by atoms with E-state index < -0.39 is 23.9 Å². The number of methoxy groups -OCH3 is 1. The lowest BCUT2D eigenvalue weighted by atomic mass is 9.45. The monoisotopic (exact) mass is 831 g/mol. The van der Waals surface area contributed by atoms with E-state index in [0.29, 0.717) is 50.8 Å². The topological polar surface area (TPSA) is 161 Å². The van der Waals surface area contributed by atoms with Gasteiger partial charge < -0.3 is 45.6 Å². The number of aliphatic hydroxyl groups excluding tert-OH is 4. The summed E-state index contributed by atoms with van der Waals surface area (Å²) in [6.07, 6.45) is 19.8. The van der Waals surface area contributed by atoms with Crippen LogP contribution in [0.3, 0.4) is 0 Å². The van der Waals surface area contributed by atoms with Crippen molar-refractivity contribution in [2.24, 2.45) is 35.0 Å². The molecule has 1 aliphatic heterocycles. The quantitative estimate of drug-likeness (QED) is 0.0303. The van der Waals surface area contributed by atoms with Crippen molar-refractivity contribution in [1.29, 1.82) is 0 Å². The lowest BCUT2D eigenvalue weighted by Gasteiger charge is -2.61. The van der Waals surface area contributed by atoms with Crippen LogP contribution in [0, 0.1) is 35.0 Å². The summed E-state index contributed by atoms with van der Waals surface area (Å²) >= 11 is 0. The normalized spacial score (nSPS) is 33.1. The van der Waals surface area contributed by atoms with Crippen LogP contribution in [0.5, 0.6) is 0 Å². The number of benzene rings is 1. The fourth-order valence-electron chi connectivity index (χ4n) is 11.4. The first-order valence-corrected chi connectivity index (χ1v) is 22.3. The highest BCUT2D eigenvalue weighted by Gasteiger charge is 2.68. The second-order valence-electron chi connectivity index (χ2n) is 18.2. The van der Waals surface area contributed by atoms with Gasteiger partial charge in [-0.2, -0.15) is 0 Å². The Kier molecular flexibility index (Phi) is 17.9. The van der Waals surface area contributed by atoms with Crippen molar-refractivity contribution < 1.29 is 39.8 Å². The van der Waals surface area contributed by atoms with Crippen LogP contribution in [0.15, 0.2) is 95.2 Å². The van der Waals surface area contributed by atoms with E-state index in [4.69, 9.17) is 9.47 Å². The fraction of sp³-hybridized carbons (Fsp3) is 0.620. The molecule has 1 heterocycles. The Morgan fingerprint density at radius 3 is 2.63 bits per heavy atom. The van der Waals surface area contributed by atoms with Gasteiger partial charge in [0.05, 0.1) is 18.3 Å². The van der Waals surface area contributed by atoms with Crippen molar-refractivity contribution in [1.82, 2.24) is 10.6 Å². The first kappa shape index (κ1) is 48.0. The Morgan fingerprint density at radius 2 is 1.92 bits per heavy atom. The minimum atomic E-state index is -1.24. The van der Waals surface area contributed by atoms with Crippen LogP contribution in [0.25, 0.3) is 0 Å². The molecule has 4 aliphatic rings.